The second-order valence-electron chi connectivity index (χ2n) is 6.43. The molecule has 1 N–H and O–H groups in total. The third-order valence-corrected chi connectivity index (χ3v) is 4.32. The summed E-state index contributed by atoms with van der Waals surface area (Å²) in [7, 11) is 0. The molecule has 32 heavy (non-hydrogen) atoms. The Morgan fingerprint density at radius 1 is 0.969 bits per heavy atom. The fraction of sp³-hybridized carbons (Fsp3) is 0.125. The van der Waals surface area contributed by atoms with Crippen molar-refractivity contribution in [3.8, 4) is 17.2 Å². The Hall–Kier alpha value is -3.84. The van der Waals surface area contributed by atoms with Crippen LogP contribution in [0.15, 0.2) is 77.9 Å². The Bertz CT molecular complexity index is 1090. The van der Waals surface area contributed by atoms with Crippen molar-refractivity contribution in [3.63, 3.8) is 0 Å². The second kappa shape index (κ2) is 11.5. The lowest BCUT2D eigenvalue weighted by atomic mass is 10.2. The molecule has 0 aromatic heterocycles. The van der Waals surface area contributed by atoms with E-state index in [0.717, 1.165) is 0 Å². The minimum atomic E-state index is -0.533. The fourth-order valence-electron chi connectivity index (χ4n) is 2.58. The van der Waals surface area contributed by atoms with E-state index in [1.165, 1.54) is 6.21 Å². The van der Waals surface area contributed by atoms with Gasteiger partial charge in [-0.2, -0.15) is 5.10 Å². The first-order chi connectivity index (χ1) is 15.5. The molecule has 0 atom stereocenters. The number of rotatable bonds is 9. The van der Waals surface area contributed by atoms with Gasteiger partial charge in [-0.3, -0.25) is 4.79 Å². The second-order valence-corrected chi connectivity index (χ2v) is 6.87. The van der Waals surface area contributed by atoms with Gasteiger partial charge in [-0.15, -0.1) is 0 Å². The Balaban J connectivity index is 1.60. The van der Waals surface area contributed by atoms with Gasteiger partial charge in [-0.1, -0.05) is 29.8 Å². The molecule has 0 aliphatic carbocycles. The highest BCUT2D eigenvalue weighted by atomic mass is 35.5. The number of hydrogen-bond donors (Lipinski definition) is 1. The number of nitrogens with zero attached hydrogens (tertiary/aromatic N) is 1. The molecule has 7 nitrogen and oxygen atoms in total. The van der Waals surface area contributed by atoms with Crippen LogP contribution in [-0.2, 0) is 4.79 Å². The van der Waals surface area contributed by atoms with E-state index in [2.05, 4.69) is 10.5 Å². The van der Waals surface area contributed by atoms with Crippen LogP contribution in [0.3, 0.4) is 0 Å². The summed E-state index contributed by atoms with van der Waals surface area (Å²) in [6, 6.07) is 20.3. The zero-order valence-corrected chi connectivity index (χ0v) is 18.0. The highest BCUT2D eigenvalue weighted by Gasteiger charge is 2.13. The van der Waals surface area contributed by atoms with E-state index in [1.54, 1.807) is 54.6 Å². The lowest BCUT2D eigenvalue weighted by Gasteiger charge is -2.11. The monoisotopic (exact) mass is 452 g/mol. The lowest BCUT2D eigenvalue weighted by molar-refractivity contribution is -0.123. The molecule has 0 aliphatic rings. The van der Waals surface area contributed by atoms with Gasteiger partial charge in [0.05, 0.1) is 18.4 Å². The van der Waals surface area contributed by atoms with Crippen LogP contribution in [0.2, 0.25) is 5.02 Å². The SMILES string of the molecule is CCOc1cc(/C=N/NC(=O)COc2ccccc2)ccc1OC(=O)c1ccc(Cl)cc1. The molecule has 0 spiro atoms. The summed E-state index contributed by atoms with van der Waals surface area (Å²) < 4.78 is 16.4. The molecule has 0 unspecified atom stereocenters. The van der Waals surface area contributed by atoms with E-state index in [1.807, 2.05) is 25.1 Å². The summed E-state index contributed by atoms with van der Waals surface area (Å²) in [5.41, 5.74) is 3.40. The highest BCUT2D eigenvalue weighted by Crippen LogP contribution is 2.29. The predicted molar refractivity (Wildman–Crippen MR) is 122 cm³/mol. The van der Waals surface area contributed by atoms with E-state index in [4.69, 9.17) is 25.8 Å². The van der Waals surface area contributed by atoms with Gasteiger partial charge in [0.2, 0.25) is 0 Å². The third kappa shape index (κ3) is 6.85. The van der Waals surface area contributed by atoms with E-state index >= 15 is 0 Å². The Labute approximate surface area is 190 Å². The first-order valence-corrected chi connectivity index (χ1v) is 10.2. The molecule has 1 amide bonds. The number of para-hydroxylation sites is 1. The minimum absolute atomic E-state index is 0.162. The standard InChI is InChI=1S/C24H21ClN2O5/c1-2-30-22-14-17(15-26-27-23(28)16-31-20-6-4-3-5-7-20)8-13-21(22)32-24(29)18-9-11-19(25)12-10-18/h3-15H,2,16H2,1H3,(H,27,28)/b26-15+. The average Bonchev–Trinajstić information content (AvgIpc) is 2.80. The van der Waals surface area contributed by atoms with Crippen molar-refractivity contribution in [1.82, 2.24) is 5.43 Å². The van der Waals surface area contributed by atoms with Gasteiger partial charge in [0.15, 0.2) is 18.1 Å². The molecule has 3 rings (SSSR count). The largest absolute Gasteiger partial charge is 0.490 e. The Morgan fingerprint density at radius 3 is 2.44 bits per heavy atom. The maximum absolute atomic E-state index is 12.4. The molecule has 0 saturated heterocycles. The maximum atomic E-state index is 12.4. The molecular weight excluding hydrogens is 432 g/mol. The number of ether oxygens (including phenoxy) is 3. The molecule has 0 radical (unpaired) electrons. The molecule has 0 fully saturated rings. The first-order valence-electron chi connectivity index (χ1n) is 9.79. The van der Waals surface area contributed by atoms with Crippen molar-refractivity contribution in [2.75, 3.05) is 13.2 Å². The van der Waals surface area contributed by atoms with Crippen LogP contribution in [0.4, 0.5) is 0 Å². The number of carbonyl (C=O) groups is 2. The van der Waals surface area contributed by atoms with Crippen LogP contribution in [0.25, 0.3) is 0 Å². The van der Waals surface area contributed by atoms with Crippen LogP contribution >= 0.6 is 11.6 Å². The molecular formula is C24H21ClN2O5. The van der Waals surface area contributed by atoms with Gasteiger partial charge >= 0.3 is 5.97 Å². The van der Waals surface area contributed by atoms with Crippen molar-refractivity contribution in [2.24, 2.45) is 5.10 Å². The molecule has 3 aromatic carbocycles. The van der Waals surface area contributed by atoms with Gasteiger partial charge in [0.25, 0.3) is 5.91 Å². The zero-order valence-electron chi connectivity index (χ0n) is 17.3. The molecule has 0 heterocycles. The van der Waals surface area contributed by atoms with Crippen LogP contribution in [-0.4, -0.2) is 31.3 Å². The number of hydrazone groups is 1. The predicted octanol–water partition coefficient (Wildman–Crippen LogP) is 4.49. The molecule has 0 bridgehead atoms. The summed E-state index contributed by atoms with van der Waals surface area (Å²) >= 11 is 5.85. The number of hydrogen-bond acceptors (Lipinski definition) is 6. The van der Waals surface area contributed by atoms with Gasteiger partial charge in [0, 0.05) is 5.02 Å². The molecule has 0 aliphatic heterocycles. The summed E-state index contributed by atoms with van der Waals surface area (Å²) in [6.07, 6.45) is 1.45. The number of esters is 1. The Kier molecular flexibility index (Phi) is 8.22. The van der Waals surface area contributed by atoms with Crippen LogP contribution < -0.4 is 19.6 Å². The van der Waals surface area contributed by atoms with Crippen molar-refractivity contribution in [1.29, 1.82) is 0 Å². The first kappa shape index (κ1) is 22.8. The van der Waals surface area contributed by atoms with E-state index in [0.29, 0.717) is 34.3 Å². The normalized spacial score (nSPS) is 10.6. The Morgan fingerprint density at radius 2 is 1.72 bits per heavy atom. The number of carbonyl (C=O) groups excluding carboxylic acids is 2. The molecule has 0 saturated carbocycles. The van der Waals surface area contributed by atoms with Crippen molar-refractivity contribution < 1.29 is 23.8 Å². The summed E-state index contributed by atoms with van der Waals surface area (Å²) in [4.78, 5) is 24.2. The van der Waals surface area contributed by atoms with Crippen molar-refractivity contribution in [3.05, 3.63) is 88.9 Å². The zero-order chi connectivity index (χ0) is 22.8. The van der Waals surface area contributed by atoms with Crippen LogP contribution in [0.1, 0.15) is 22.8 Å². The van der Waals surface area contributed by atoms with Crippen LogP contribution in [0.5, 0.6) is 17.2 Å². The summed E-state index contributed by atoms with van der Waals surface area (Å²) in [6.45, 7) is 2.03. The van der Waals surface area contributed by atoms with Crippen molar-refractivity contribution >= 4 is 29.7 Å². The van der Waals surface area contributed by atoms with E-state index in [-0.39, 0.29) is 12.4 Å². The van der Waals surface area contributed by atoms with Gasteiger partial charge < -0.3 is 14.2 Å². The number of benzene rings is 3. The van der Waals surface area contributed by atoms with Gasteiger partial charge in [-0.05, 0) is 67.1 Å². The molecule has 3 aromatic rings. The minimum Gasteiger partial charge on any atom is -0.490 e. The number of nitrogens with one attached hydrogen (secondary N) is 1. The maximum Gasteiger partial charge on any atom is 0.343 e. The summed E-state index contributed by atoms with van der Waals surface area (Å²) in [5.74, 6) is 0.303. The van der Waals surface area contributed by atoms with E-state index < -0.39 is 11.9 Å². The van der Waals surface area contributed by atoms with Crippen LogP contribution in [0, 0.1) is 0 Å². The number of halogens is 1. The lowest BCUT2D eigenvalue weighted by Crippen LogP contribution is -2.24. The van der Waals surface area contributed by atoms with E-state index in [9.17, 15) is 9.59 Å². The smallest absolute Gasteiger partial charge is 0.343 e. The quantitative estimate of drug-likeness (QED) is 0.224. The average molecular weight is 453 g/mol. The third-order valence-electron chi connectivity index (χ3n) is 4.07. The summed E-state index contributed by atoms with van der Waals surface area (Å²) in [5, 5.41) is 4.45. The number of amides is 1. The fourth-order valence-corrected chi connectivity index (χ4v) is 2.71. The topological polar surface area (TPSA) is 86.2 Å². The van der Waals surface area contributed by atoms with Gasteiger partial charge in [0.1, 0.15) is 5.75 Å². The van der Waals surface area contributed by atoms with Crippen molar-refractivity contribution in [2.45, 2.75) is 6.92 Å². The molecule has 164 valence electrons. The highest BCUT2D eigenvalue weighted by molar-refractivity contribution is 6.30. The molecule has 8 heteroatoms. The van der Waals surface area contributed by atoms with Gasteiger partial charge in [-0.25, -0.2) is 10.2 Å².